The van der Waals surface area contributed by atoms with Crippen molar-refractivity contribution in [3.8, 4) is 11.5 Å². The van der Waals surface area contributed by atoms with Gasteiger partial charge in [-0.2, -0.15) is 0 Å². The van der Waals surface area contributed by atoms with Gasteiger partial charge in [0.15, 0.2) is 11.5 Å². The molecule has 2 heterocycles. The fraction of sp³-hybridized carbons (Fsp3) is 0.318. The van der Waals surface area contributed by atoms with Crippen LogP contribution in [0.5, 0.6) is 11.5 Å². The summed E-state index contributed by atoms with van der Waals surface area (Å²) in [4.78, 5) is 38.9. The summed E-state index contributed by atoms with van der Waals surface area (Å²) in [6, 6.07) is 12.2. The second-order valence-corrected chi connectivity index (χ2v) is 7.31. The van der Waals surface area contributed by atoms with E-state index in [1.807, 2.05) is 0 Å². The molecule has 8 nitrogen and oxygen atoms in total. The van der Waals surface area contributed by atoms with E-state index in [1.165, 1.54) is 4.90 Å². The number of amides is 2. The van der Waals surface area contributed by atoms with Gasteiger partial charge in [0.25, 0.3) is 5.91 Å². The minimum Gasteiger partial charge on any atom is -0.480 e. The third-order valence-electron chi connectivity index (χ3n) is 5.34. The van der Waals surface area contributed by atoms with Crippen molar-refractivity contribution in [1.29, 1.82) is 0 Å². The highest BCUT2D eigenvalue weighted by Crippen LogP contribution is 2.33. The van der Waals surface area contributed by atoms with Crippen molar-refractivity contribution in [3.05, 3.63) is 59.7 Å². The van der Waals surface area contributed by atoms with E-state index in [4.69, 9.17) is 9.47 Å². The first kappa shape index (κ1) is 19.8. The van der Waals surface area contributed by atoms with Gasteiger partial charge in [-0.05, 0) is 42.7 Å². The molecule has 0 aliphatic carbocycles. The molecule has 0 unspecified atom stereocenters. The van der Waals surface area contributed by atoms with E-state index in [2.05, 4.69) is 5.32 Å². The summed E-state index contributed by atoms with van der Waals surface area (Å²) in [5.74, 6) is -0.613. The standard InChI is InChI=1S/C22H22N2O6/c25-20(15-5-2-1-3-6-15)23-16(21(26)24-10-4-7-17(24)22(27)28)11-14-8-9-18-19(12-14)30-13-29-18/h1-3,5-6,8-9,12,16-17H,4,7,10-11,13H2,(H,23,25)(H,27,28)/t16-,17-/m0/s1. The van der Waals surface area contributed by atoms with Crippen LogP contribution in [0.25, 0.3) is 0 Å². The number of carboxylic acids is 1. The van der Waals surface area contributed by atoms with E-state index < -0.39 is 24.0 Å². The molecule has 0 spiro atoms. The van der Waals surface area contributed by atoms with Gasteiger partial charge in [0.1, 0.15) is 12.1 Å². The van der Waals surface area contributed by atoms with Crippen LogP contribution in [0.2, 0.25) is 0 Å². The van der Waals surface area contributed by atoms with Crippen molar-refractivity contribution in [2.24, 2.45) is 0 Å². The van der Waals surface area contributed by atoms with Gasteiger partial charge >= 0.3 is 5.97 Å². The molecule has 156 valence electrons. The summed E-state index contributed by atoms with van der Waals surface area (Å²) < 4.78 is 10.7. The summed E-state index contributed by atoms with van der Waals surface area (Å²) in [6.07, 6.45) is 1.23. The summed E-state index contributed by atoms with van der Waals surface area (Å²) in [6.45, 7) is 0.495. The number of rotatable bonds is 6. The third kappa shape index (κ3) is 4.07. The summed E-state index contributed by atoms with van der Waals surface area (Å²) in [5.41, 5.74) is 1.20. The zero-order valence-electron chi connectivity index (χ0n) is 16.2. The fourth-order valence-corrected chi connectivity index (χ4v) is 3.82. The number of hydrogen-bond acceptors (Lipinski definition) is 5. The van der Waals surface area contributed by atoms with Crippen LogP contribution in [0.15, 0.2) is 48.5 Å². The van der Waals surface area contributed by atoms with Crippen molar-refractivity contribution < 1.29 is 29.0 Å². The molecule has 2 aliphatic rings. The van der Waals surface area contributed by atoms with Crippen LogP contribution in [0.1, 0.15) is 28.8 Å². The van der Waals surface area contributed by atoms with Crippen molar-refractivity contribution in [1.82, 2.24) is 10.2 Å². The van der Waals surface area contributed by atoms with Crippen molar-refractivity contribution in [2.75, 3.05) is 13.3 Å². The molecule has 0 aromatic heterocycles. The number of carboxylic acid groups (broad SMARTS) is 1. The van der Waals surface area contributed by atoms with E-state index in [0.29, 0.717) is 36.4 Å². The zero-order valence-corrected chi connectivity index (χ0v) is 16.2. The maximum absolute atomic E-state index is 13.3. The molecular weight excluding hydrogens is 388 g/mol. The third-order valence-corrected chi connectivity index (χ3v) is 5.34. The predicted molar refractivity (Wildman–Crippen MR) is 106 cm³/mol. The Kier molecular flexibility index (Phi) is 5.56. The van der Waals surface area contributed by atoms with Crippen molar-refractivity contribution in [3.63, 3.8) is 0 Å². The average Bonchev–Trinajstić information content (AvgIpc) is 3.42. The number of hydrogen-bond donors (Lipinski definition) is 2. The molecule has 2 aromatic rings. The van der Waals surface area contributed by atoms with Crippen LogP contribution >= 0.6 is 0 Å². The summed E-state index contributed by atoms with van der Waals surface area (Å²) in [7, 11) is 0. The largest absolute Gasteiger partial charge is 0.480 e. The van der Waals surface area contributed by atoms with E-state index in [1.54, 1.807) is 48.5 Å². The van der Waals surface area contributed by atoms with Gasteiger partial charge < -0.3 is 24.8 Å². The molecule has 0 bridgehead atoms. The maximum atomic E-state index is 13.3. The van der Waals surface area contributed by atoms with Crippen LogP contribution in [0.4, 0.5) is 0 Å². The Morgan fingerprint density at radius 2 is 1.87 bits per heavy atom. The lowest BCUT2D eigenvalue weighted by molar-refractivity contribution is -0.148. The highest BCUT2D eigenvalue weighted by atomic mass is 16.7. The molecule has 30 heavy (non-hydrogen) atoms. The highest BCUT2D eigenvalue weighted by molar-refractivity contribution is 5.98. The zero-order chi connectivity index (χ0) is 21.1. The Labute approximate surface area is 173 Å². The normalized spacial score (nSPS) is 18.1. The molecule has 2 aliphatic heterocycles. The Morgan fingerprint density at radius 1 is 1.10 bits per heavy atom. The number of carbonyl (C=O) groups excluding carboxylic acids is 2. The second-order valence-electron chi connectivity index (χ2n) is 7.31. The van der Waals surface area contributed by atoms with E-state index >= 15 is 0 Å². The quantitative estimate of drug-likeness (QED) is 0.753. The van der Waals surface area contributed by atoms with Crippen LogP contribution in [0, 0.1) is 0 Å². The molecule has 4 rings (SSSR count). The SMILES string of the molecule is O=C(N[C@@H](Cc1ccc2c(c1)OCO2)C(=O)N1CCC[C@H]1C(=O)O)c1ccccc1. The molecule has 1 fully saturated rings. The second kappa shape index (κ2) is 8.44. The number of nitrogens with zero attached hydrogens (tertiary/aromatic N) is 1. The first-order valence-electron chi connectivity index (χ1n) is 9.80. The minimum atomic E-state index is -1.03. The molecule has 0 radical (unpaired) electrons. The van der Waals surface area contributed by atoms with Crippen LogP contribution in [0.3, 0.4) is 0 Å². The van der Waals surface area contributed by atoms with Crippen molar-refractivity contribution in [2.45, 2.75) is 31.3 Å². The number of benzene rings is 2. The van der Waals surface area contributed by atoms with Gasteiger partial charge in [0.05, 0.1) is 0 Å². The van der Waals surface area contributed by atoms with Gasteiger partial charge in [0.2, 0.25) is 12.7 Å². The van der Waals surface area contributed by atoms with Gasteiger partial charge in [-0.15, -0.1) is 0 Å². The van der Waals surface area contributed by atoms with E-state index in [9.17, 15) is 19.5 Å². The monoisotopic (exact) mass is 410 g/mol. The number of aliphatic carboxylic acids is 1. The summed E-state index contributed by atoms with van der Waals surface area (Å²) >= 11 is 0. The van der Waals surface area contributed by atoms with Gasteiger partial charge in [-0.3, -0.25) is 9.59 Å². The van der Waals surface area contributed by atoms with Crippen LogP contribution in [-0.4, -0.2) is 53.2 Å². The molecular formula is C22H22N2O6. The molecule has 8 heteroatoms. The van der Waals surface area contributed by atoms with E-state index in [-0.39, 0.29) is 19.1 Å². The lowest BCUT2D eigenvalue weighted by Crippen LogP contribution is -2.52. The number of carbonyl (C=O) groups is 3. The minimum absolute atomic E-state index is 0.139. The molecule has 2 N–H and O–H groups in total. The number of nitrogens with one attached hydrogen (secondary N) is 1. The van der Waals surface area contributed by atoms with Gasteiger partial charge in [0, 0.05) is 18.5 Å². The fourth-order valence-electron chi connectivity index (χ4n) is 3.82. The first-order valence-corrected chi connectivity index (χ1v) is 9.80. The Balaban J connectivity index is 1.58. The number of fused-ring (bicyclic) bond motifs is 1. The number of likely N-dealkylation sites (tertiary alicyclic amines) is 1. The Morgan fingerprint density at radius 3 is 2.63 bits per heavy atom. The van der Waals surface area contributed by atoms with Crippen LogP contribution in [-0.2, 0) is 16.0 Å². The summed E-state index contributed by atoms with van der Waals surface area (Å²) in [5, 5.41) is 12.2. The Hall–Kier alpha value is -3.55. The van der Waals surface area contributed by atoms with Gasteiger partial charge in [-0.1, -0.05) is 24.3 Å². The predicted octanol–water partition coefficient (Wildman–Crippen LogP) is 1.83. The maximum Gasteiger partial charge on any atom is 0.326 e. The lowest BCUT2D eigenvalue weighted by Gasteiger charge is -2.27. The lowest BCUT2D eigenvalue weighted by atomic mass is 10.0. The Bertz CT molecular complexity index is 961. The van der Waals surface area contributed by atoms with E-state index in [0.717, 1.165) is 5.56 Å². The topological polar surface area (TPSA) is 105 Å². The van der Waals surface area contributed by atoms with Gasteiger partial charge in [-0.25, -0.2) is 4.79 Å². The molecule has 1 saturated heterocycles. The molecule has 2 amide bonds. The number of ether oxygens (including phenoxy) is 2. The molecule has 2 atom stereocenters. The van der Waals surface area contributed by atoms with Crippen molar-refractivity contribution >= 4 is 17.8 Å². The smallest absolute Gasteiger partial charge is 0.326 e. The first-order chi connectivity index (χ1) is 14.5. The molecule has 0 saturated carbocycles. The average molecular weight is 410 g/mol. The molecule has 2 aromatic carbocycles. The highest BCUT2D eigenvalue weighted by Gasteiger charge is 2.37. The van der Waals surface area contributed by atoms with Crippen LogP contribution < -0.4 is 14.8 Å².